The van der Waals surface area contributed by atoms with Gasteiger partial charge in [0.05, 0.1) is 6.07 Å². The number of hydrogen-bond donors (Lipinski definition) is 0. The van der Waals surface area contributed by atoms with Gasteiger partial charge in [0.1, 0.15) is 0 Å². The molecule has 0 bridgehead atoms. The lowest BCUT2D eigenvalue weighted by Crippen LogP contribution is -2.32. The smallest absolute Gasteiger partial charge is 0.0655 e. The van der Waals surface area contributed by atoms with Gasteiger partial charge >= 0.3 is 0 Å². The Morgan fingerprint density at radius 2 is 1.17 bits per heavy atom. The zero-order valence-corrected chi connectivity index (χ0v) is 16.2. The SMILES string of the molecule is CCCC1(C)CCC(C2CCC(C3CCC(C#N)CC3)CC2)CC1. The van der Waals surface area contributed by atoms with E-state index in [4.69, 9.17) is 5.26 Å². The van der Waals surface area contributed by atoms with E-state index in [0.717, 1.165) is 23.7 Å². The van der Waals surface area contributed by atoms with Gasteiger partial charge in [-0.2, -0.15) is 5.26 Å². The first kappa shape index (κ1) is 18.3. The maximum atomic E-state index is 9.09. The highest BCUT2D eigenvalue weighted by Crippen LogP contribution is 2.49. The standard InChI is InChI=1S/C23H39N/c1-3-14-23(2)15-12-22(13-16-23)21-10-8-20(9-11-21)19-6-4-18(17-24)5-7-19/h18-22H,3-16H2,1-2H3. The first-order valence-electron chi connectivity index (χ1n) is 11.0. The summed E-state index contributed by atoms with van der Waals surface area (Å²) in [6, 6.07) is 2.49. The monoisotopic (exact) mass is 329 g/mol. The fraction of sp³-hybridized carbons (Fsp3) is 0.957. The zero-order valence-electron chi connectivity index (χ0n) is 16.2. The summed E-state index contributed by atoms with van der Waals surface area (Å²) in [5.74, 6) is 4.41. The molecule has 1 heteroatoms. The predicted octanol–water partition coefficient (Wildman–Crippen LogP) is 7.12. The Bertz CT molecular complexity index is 410. The molecular weight excluding hydrogens is 290 g/mol. The van der Waals surface area contributed by atoms with Gasteiger partial charge in [-0.15, -0.1) is 0 Å². The van der Waals surface area contributed by atoms with Crippen molar-refractivity contribution in [2.45, 2.75) is 104 Å². The van der Waals surface area contributed by atoms with Gasteiger partial charge in [0.15, 0.2) is 0 Å². The summed E-state index contributed by atoms with van der Waals surface area (Å²) in [6.45, 7) is 4.89. The lowest BCUT2D eigenvalue weighted by atomic mass is 9.62. The van der Waals surface area contributed by atoms with E-state index in [2.05, 4.69) is 19.9 Å². The van der Waals surface area contributed by atoms with Gasteiger partial charge < -0.3 is 0 Å². The highest BCUT2D eigenvalue weighted by Gasteiger charge is 2.37. The van der Waals surface area contributed by atoms with E-state index in [1.54, 1.807) is 0 Å². The van der Waals surface area contributed by atoms with Gasteiger partial charge in [-0.3, -0.25) is 0 Å². The minimum absolute atomic E-state index is 0.372. The van der Waals surface area contributed by atoms with Gasteiger partial charge in [-0.1, -0.05) is 20.3 Å². The molecule has 0 heterocycles. The molecule has 0 N–H and O–H groups in total. The number of hydrogen-bond acceptors (Lipinski definition) is 1. The Kier molecular flexibility index (Phi) is 6.28. The van der Waals surface area contributed by atoms with Crippen LogP contribution in [0.1, 0.15) is 104 Å². The Morgan fingerprint density at radius 3 is 1.58 bits per heavy atom. The highest BCUT2D eigenvalue weighted by molar-refractivity contribution is 4.91. The summed E-state index contributed by atoms with van der Waals surface area (Å²) < 4.78 is 0. The van der Waals surface area contributed by atoms with Crippen molar-refractivity contribution >= 4 is 0 Å². The van der Waals surface area contributed by atoms with Gasteiger partial charge in [0, 0.05) is 5.92 Å². The molecule has 24 heavy (non-hydrogen) atoms. The van der Waals surface area contributed by atoms with Crippen LogP contribution in [0.2, 0.25) is 0 Å². The molecule has 0 aromatic carbocycles. The molecule has 3 saturated carbocycles. The van der Waals surface area contributed by atoms with Crippen LogP contribution in [0.15, 0.2) is 0 Å². The van der Waals surface area contributed by atoms with Crippen molar-refractivity contribution in [2.75, 3.05) is 0 Å². The third kappa shape index (κ3) is 4.36. The summed E-state index contributed by atoms with van der Waals surface area (Å²) in [5, 5.41) is 9.09. The Labute approximate surface area is 150 Å². The maximum Gasteiger partial charge on any atom is 0.0655 e. The van der Waals surface area contributed by atoms with Gasteiger partial charge in [0.25, 0.3) is 0 Å². The second-order valence-corrected chi connectivity index (χ2v) is 9.81. The molecule has 0 radical (unpaired) electrons. The molecule has 3 fully saturated rings. The zero-order chi connectivity index (χ0) is 17.0. The van der Waals surface area contributed by atoms with Crippen LogP contribution in [0, 0.1) is 46.3 Å². The molecule has 0 aliphatic heterocycles. The average molecular weight is 330 g/mol. The van der Waals surface area contributed by atoms with Crippen LogP contribution in [0.5, 0.6) is 0 Å². The van der Waals surface area contributed by atoms with Crippen LogP contribution in [-0.2, 0) is 0 Å². The summed E-state index contributed by atoms with van der Waals surface area (Å²) in [6.07, 6.45) is 19.9. The van der Waals surface area contributed by atoms with E-state index < -0.39 is 0 Å². The van der Waals surface area contributed by atoms with E-state index in [1.807, 2.05) is 0 Å². The minimum Gasteiger partial charge on any atom is -0.198 e. The molecule has 1 nitrogen and oxygen atoms in total. The molecule has 0 amide bonds. The largest absolute Gasteiger partial charge is 0.198 e. The van der Waals surface area contributed by atoms with Crippen molar-refractivity contribution in [2.24, 2.45) is 35.0 Å². The Hall–Kier alpha value is -0.510. The van der Waals surface area contributed by atoms with Crippen LogP contribution < -0.4 is 0 Å². The van der Waals surface area contributed by atoms with Crippen molar-refractivity contribution < 1.29 is 0 Å². The lowest BCUT2D eigenvalue weighted by Gasteiger charge is -2.43. The van der Waals surface area contributed by atoms with Crippen molar-refractivity contribution in [3.05, 3.63) is 0 Å². The average Bonchev–Trinajstić information content (AvgIpc) is 2.63. The molecule has 0 spiro atoms. The van der Waals surface area contributed by atoms with Crippen LogP contribution in [0.25, 0.3) is 0 Å². The summed E-state index contributed by atoms with van der Waals surface area (Å²) in [7, 11) is 0. The summed E-state index contributed by atoms with van der Waals surface area (Å²) in [5.41, 5.74) is 0.668. The number of nitrogens with zero attached hydrogens (tertiary/aromatic N) is 1. The molecule has 0 unspecified atom stereocenters. The van der Waals surface area contributed by atoms with E-state index in [0.29, 0.717) is 11.3 Å². The number of nitriles is 1. The third-order valence-corrected chi connectivity index (χ3v) is 8.20. The van der Waals surface area contributed by atoms with Crippen molar-refractivity contribution in [3.63, 3.8) is 0 Å². The molecule has 0 aromatic rings. The van der Waals surface area contributed by atoms with Crippen molar-refractivity contribution in [1.29, 1.82) is 5.26 Å². The first-order chi connectivity index (χ1) is 11.6. The minimum atomic E-state index is 0.372. The molecule has 3 aliphatic carbocycles. The fourth-order valence-electron chi connectivity index (χ4n) is 6.47. The van der Waals surface area contributed by atoms with E-state index in [-0.39, 0.29) is 0 Å². The normalized spacial score (nSPS) is 44.0. The van der Waals surface area contributed by atoms with Gasteiger partial charge in [0.2, 0.25) is 0 Å². The summed E-state index contributed by atoms with van der Waals surface area (Å²) >= 11 is 0. The Balaban J connectivity index is 1.41. The van der Waals surface area contributed by atoms with Crippen LogP contribution in [-0.4, -0.2) is 0 Å². The highest BCUT2D eigenvalue weighted by atomic mass is 14.4. The summed E-state index contributed by atoms with van der Waals surface area (Å²) in [4.78, 5) is 0. The van der Waals surface area contributed by atoms with E-state index in [1.165, 1.54) is 89.9 Å². The number of rotatable bonds is 4. The van der Waals surface area contributed by atoms with Crippen LogP contribution in [0.4, 0.5) is 0 Å². The predicted molar refractivity (Wildman–Crippen MR) is 101 cm³/mol. The van der Waals surface area contributed by atoms with Crippen LogP contribution >= 0.6 is 0 Å². The van der Waals surface area contributed by atoms with Crippen LogP contribution in [0.3, 0.4) is 0 Å². The second-order valence-electron chi connectivity index (χ2n) is 9.81. The molecule has 136 valence electrons. The molecule has 0 atom stereocenters. The molecule has 0 saturated heterocycles. The third-order valence-electron chi connectivity index (χ3n) is 8.20. The first-order valence-corrected chi connectivity index (χ1v) is 11.0. The molecule has 0 aromatic heterocycles. The van der Waals surface area contributed by atoms with E-state index in [9.17, 15) is 0 Å². The maximum absolute atomic E-state index is 9.09. The van der Waals surface area contributed by atoms with E-state index >= 15 is 0 Å². The second kappa shape index (κ2) is 8.25. The Morgan fingerprint density at radius 1 is 0.750 bits per heavy atom. The van der Waals surface area contributed by atoms with Crippen molar-refractivity contribution in [3.8, 4) is 6.07 Å². The topological polar surface area (TPSA) is 23.8 Å². The lowest BCUT2D eigenvalue weighted by molar-refractivity contribution is 0.0813. The van der Waals surface area contributed by atoms with Crippen molar-refractivity contribution in [1.82, 2.24) is 0 Å². The fourth-order valence-corrected chi connectivity index (χ4v) is 6.47. The quantitative estimate of drug-likeness (QED) is 0.538. The molecule has 3 rings (SSSR count). The van der Waals surface area contributed by atoms with Gasteiger partial charge in [-0.25, -0.2) is 0 Å². The molecular formula is C23H39N. The van der Waals surface area contributed by atoms with Gasteiger partial charge in [-0.05, 0) is 113 Å². The molecule has 3 aliphatic rings.